The zero-order valence-corrected chi connectivity index (χ0v) is 10.2. The van der Waals surface area contributed by atoms with Gasteiger partial charge < -0.3 is 0 Å². The van der Waals surface area contributed by atoms with E-state index < -0.39 is 0 Å². The van der Waals surface area contributed by atoms with Crippen LogP contribution in [0.3, 0.4) is 0 Å². The van der Waals surface area contributed by atoms with Crippen molar-refractivity contribution in [3.63, 3.8) is 0 Å². The lowest BCUT2D eigenvalue weighted by molar-refractivity contribution is 1.22. The molecule has 0 saturated heterocycles. The van der Waals surface area contributed by atoms with Gasteiger partial charge in [0.25, 0.3) is 0 Å². The van der Waals surface area contributed by atoms with Crippen LogP contribution in [-0.2, 0) is 0 Å². The van der Waals surface area contributed by atoms with E-state index in [4.69, 9.17) is 23.2 Å². The van der Waals surface area contributed by atoms with Gasteiger partial charge in [0.2, 0.25) is 0 Å². The van der Waals surface area contributed by atoms with Crippen molar-refractivity contribution < 1.29 is 0 Å². The van der Waals surface area contributed by atoms with Crippen LogP contribution in [0.1, 0.15) is 5.56 Å². The molecule has 0 N–H and O–H groups in total. The number of fused-ring (bicyclic) bond motifs is 1. The Balaban J connectivity index is 2.03. The molecule has 3 rings (SSSR count). The minimum absolute atomic E-state index is 0.0324. The zero-order chi connectivity index (χ0) is 11.1. The lowest BCUT2D eigenvalue weighted by Gasteiger charge is -2.02. The Labute approximate surface area is 106 Å². The summed E-state index contributed by atoms with van der Waals surface area (Å²) in [7, 11) is 0. The first-order valence-electron chi connectivity index (χ1n) is 4.56. The predicted molar refractivity (Wildman–Crippen MR) is 70.3 cm³/mol. The first-order valence-corrected chi connectivity index (χ1v) is 6.13. The van der Waals surface area contributed by atoms with Crippen LogP contribution >= 0.6 is 35.0 Å². The van der Waals surface area contributed by atoms with Crippen LogP contribution in [0.4, 0.5) is 0 Å². The second kappa shape index (κ2) is 3.87. The van der Waals surface area contributed by atoms with Gasteiger partial charge in [-0.3, -0.25) is 4.99 Å². The van der Waals surface area contributed by atoms with E-state index >= 15 is 0 Å². The number of rotatable bonds is 1. The van der Waals surface area contributed by atoms with Crippen molar-refractivity contribution >= 4 is 51.3 Å². The van der Waals surface area contributed by atoms with Gasteiger partial charge in [-0.15, -0.1) is 5.10 Å². The molecular formula is C10H5Cl2N3S. The highest BCUT2D eigenvalue weighted by Gasteiger charge is 2.29. The van der Waals surface area contributed by atoms with Gasteiger partial charge >= 0.3 is 0 Å². The highest BCUT2D eigenvalue weighted by Crippen LogP contribution is 2.32. The standard InChI is InChI=1S/C10H5Cl2N3S/c11-5-1-2-7(12)6(3-5)9-14-8-4-13-15-10(8)16-9/h1-4,8H/t8-/m1/s1. The van der Waals surface area contributed by atoms with Crippen LogP contribution in [0.5, 0.6) is 0 Å². The van der Waals surface area contributed by atoms with Crippen molar-refractivity contribution in [3.05, 3.63) is 33.8 Å². The van der Waals surface area contributed by atoms with E-state index in [9.17, 15) is 0 Å². The van der Waals surface area contributed by atoms with Crippen LogP contribution in [0.2, 0.25) is 10.0 Å². The lowest BCUT2D eigenvalue weighted by atomic mass is 10.2. The van der Waals surface area contributed by atoms with Crippen LogP contribution < -0.4 is 0 Å². The summed E-state index contributed by atoms with van der Waals surface area (Å²) in [5, 5.41) is 10.8. The Bertz CT molecular complexity index is 551. The molecule has 0 spiro atoms. The second-order valence-electron chi connectivity index (χ2n) is 3.31. The Morgan fingerprint density at radius 1 is 1.25 bits per heavy atom. The molecule has 16 heavy (non-hydrogen) atoms. The highest BCUT2D eigenvalue weighted by atomic mass is 35.5. The van der Waals surface area contributed by atoms with E-state index in [1.165, 1.54) is 11.8 Å². The smallest absolute Gasteiger partial charge is 0.138 e. The maximum atomic E-state index is 6.11. The van der Waals surface area contributed by atoms with Gasteiger partial charge in [0.1, 0.15) is 16.1 Å². The fraction of sp³-hybridized carbons (Fsp3) is 0.100. The number of nitrogens with zero attached hydrogens (tertiary/aromatic N) is 3. The predicted octanol–water partition coefficient (Wildman–Crippen LogP) is 3.25. The van der Waals surface area contributed by atoms with E-state index in [1.54, 1.807) is 18.3 Å². The van der Waals surface area contributed by atoms with Crippen molar-refractivity contribution in [2.24, 2.45) is 15.2 Å². The van der Waals surface area contributed by atoms with Crippen molar-refractivity contribution in [3.8, 4) is 0 Å². The average Bonchev–Trinajstić information content (AvgIpc) is 2.81. The fourth-order valence-electron chi connectivity index (χ4n) is 1.48. The summed E-state index contributed by atoms with van der Waals surface area (Å²) in [5.41, 5.74) is 0.852. The summed E-state index contributed by atoms with van der Waals surface area (Å²) in [5.74, 6) is 0. The van der Waals surface area contributed by atoms with Gasteiger partial charge in [0, 0.05) is 10.6 Å². The molecule has 6 heteroatoms. The van der Waals surface area contributed by atoms with E-state index in [0.717, 1.165) is 15.7 Å². The molecule has 0 unspecified atom stereocenters. The molecular weight excluding hydrogens is 265 g/mol. The molecule has 0 amide bonds. The minimum atomic E-state index is -0.0324. The SMILES string of the molecule is Clc1ccc(Cl)c(C2=N[C@@H]3C=NN=C3S2)c1. The number of hydrogen-bond acceptors (Lipinski definition) is 4. The summed E-state index contributed by atoms with van der Waals surface area (Å²) in [6.07, 6.45) is 1.72. The van der Waals surface area contributed by atoms with Gasteiger partial charge in [-0.05, 0) is 30.0 Å². The third-order valence-corrected chi connectivity index (χ3v) is 3.85. The third kappa shape index (κ3) is 1.67. The van der Waals surface area contributed by atoms with Crippen molar-refractivity contribution in [2.45, 2.75) is 6.04 Å². The third-order valence-electron chi connectivity index (χ3n) is 2.23. The normalized spacial score (nSPS) is 22.0. The van der Waals surface area contributed by atoms with Gasteiger partial charge in [0.15, 0.2) is 0 Å². The molecule has 0 bridgehead atoms. The van der Waals surface area contributed by atoms with Crippen molar-refractivity contribution in [2.75, 3.05) is 0 Å². The van der Waals surface area contributed by atoms with Crippen LogP contribution in [0.15, 0.2) is 33.4 Å². The van der Waals surface area contributed by atoms with Gasteiger partial charge in [-0.25, -0.2) is 0 Å². The average molecular weight is 270 g/mol. The molecule has 1 aromatic rings. The fourth-order valence-corrected chi connectivity index (χ4v) is 2.88. The Morgan fingerprint density at radius 3 is 2.94 bits per heavy atom. The minimum Gasteiger partial charge on any atom is -0.261 e. The molecule has 0 aliphatic carbocycles. The van der Waals surface area contributed by atoms with Crippen LogP contribution in [0, 0.1) is 0 Å². The van der Waals surface area contributed by atoms with E-state index in [1.807, 2.05) is 6.07 Å². The molecule has 0 saturated carbocycles. The monoisotopic (exact) mass is 269 g/mol. The molecule has 0 aromatic heterocycles. The maximum absolute atomic E-state index is 6.11. The lowest BCUT2D eigenvalue weighted by Crippen LogP contribution is -2.06. The van der Waals surface area contributed by atoms with Crippen LogP contribution in [0.25, 0.3) is 0 Å². The Kier molecular flexibility index (Phi) is 2.50. The largest absolute Gasteiger partial charge is 0.261 e. The summed E-state index contributed by atoms with van der Waals surface area (Å²) in [6.45, 7) is 0. The van der Waals surface area contributed by atoms with E-state index in [0.29, 0.717) is 10.0 Å². The molecule has 0 fully saturated rings. The first-order chi connectivity index (χ1) is 7.74. The topological polar surface area (TPSA) is 37.1 Å². The van der Waals surface area contributed by atoms with Gasteiger partial charge in [0.05, 0.1) is 11.2 Å². The highest BCUT2D eigenvalue weighted by molar-refractivity contribution is 8.27. The quantitative estimate of drug-likeness (QED) is 0.771. The summed E-state index contributed by atoms with van der Waals surface area (Å²) >= 11 is 13.5. The van der Waals surface area contributed by atoms with Crippen molar-refractivity contribution in [1.82, 2.24) is 0 Å². The number of hydrogen-bond donors (Lipinski definition) is 0. The van der Waals surface area contributed by atoms with Crippen LogP contribution in [-0.4, -0.2) is 22.3 Å². The second-order valence-corrected chi connectivity index (χ2v) is 5.16. The molecule has 0 radical (unpaired) electrons. The summed E-state index contributed by atoms with van der Waals surface area (Å²) < 4.78 is 0. The van der Waals surface area contributed by atoms with E-state index in [2.05, 4.69) is 15.2 Å². The maximum Gasteiger partial charge on any atom is 0.138 e. The zero-order valence-electron chi connectivity index (χ0n) is 7.89. The van der Waals surface area contributed by atoms with E-state index in [-0.39, 0.29) is 6.04 Å². The Morgan fingerprint density at radius 2 is 2.12 bits per heavy atom. The molecule has 80 valence electrons. The summed E-state index contributed by atoms with van der Waals surface area (Å²) in [6, 6.07) is 5.31. The Hall–Kier alpha value is -0.840. The van der Waals surface area contributed by atoms with Gasteiger partial charge in [-0.1, -0.05) is 23.2 Å². The molecule has 1 aromatic carbocycles. The van der Waals surface area contributed by atoms with Gasteiger partial charge in [-0.2, -0.15) is 5.10 Å². The molecule has 1 atom stereocenters. The van der Waals surface area contributed by atoms with Crippen molar-refractivity contribution in [1.29, 1.82) is 0 Å². The molecule has 2 aliphatic rings. The number of halogens is 2. The number of thioether (sulfide) groups is 1. The number of aliphatic imine (C=N–C) groups is 1. The number of benzene rings is 1. The first kappa shape index (κ1) is 10.3. The molecule has 3 nitrogen and oxygen atoms in total. The molecule has 2 aliphatic heterocycles. The summed E-state index contributed by atoms with van der Waals surface area (Å²) in [4.78, 5) is 4.48. The molecule has 2 heterocycles.